The van der Waals surface area contributed by atoms with Gasteiger partial charge in [0.2, 0.25) is 5.91 Å². The Morgan fingerprint density at radius 1 is 1.64 bits per heavy atom. The van der Waals surface area contributed by atoms with Gasteiger partial charge in [-0.3, -0.25) is 9.69 Å². The van der Waals surface area contributed by atoms with E-state index >= 15 is 0 Å². The number of carbonyl (C=O) groups excluding carboxylic acids is 1. The molecule has 0 radical (unpaired) electrons. The highest BCUT2D eigenvalue weighted by atomic mass is 16.2. The fraction of sp³-hybridized carbons (Fsp3) is 0.900. The quantitative estimate of drug-likeness (QED) is 0.669. The summed E-state index contributed by atoms with van der Waals surface area (Å²) < 4.78 is 0. The van der Waals surface area contributed by atoms with E-state index in [9.17, 15) is 4.79 Å². The van der Waals surface area contributed by atoms with Gasteiger partial charge in [-0.2, -0.15) is 0 Å². The van der Waals surface area contributed by atoms with Crippen LogP contribution in [0.5, 0.6) is 0 Å². The molecule has 1 aliphatic rings. The van der Waals surface area contributed by atoms with E-state index in [0.717, 1.165) is 32.4 Å². The molecule has 0 aromatic heterocycles. The highest BCUT2D eigenvalue weighted by molar-refractivity contribution is 5.81. The van der Waals surface area contributed by atoms with Gasteiger partial charge in [-0.1, -0.05) is 0 Å². The molecule has 0 aromatic rings. The highest BCUT2D eigenvalue weighted by Crippen LogP contribution is 2.10. The summed E-state index contributed by atoms with van der Waals surface area (Å²) in [5.74, 6) is 0.158. The Morgan fingerprint density at radius 2 is 2.36 bits per heavy atom. The van der Waals surface area contributed by atoms with E-state index in [1.807, 2.05) is 14.0 Å². The summed E-state index contributed by atoms with van der Waals surface area (Å²) in [6.07, 6.45) is 3.16. The second kappa shape index (κ2) is 5.32. The standard InChI is InChI=1S/C10H21N3O/c1-8(11)7-13(2)9-5-3-4-6-12-10(9)14/h8-9H,3-7,11H2,1-2H3,(H,12,14). The number of nitrogens with one attached hydrogen (secondary N) is 1. The molecule has 14 heavy (non-hydrogen) atoms. The van der Waals surface area contributed by atoms with Gasteiger partial charge in [0, 0.05) is 19.1 Å². The number of hydrogen-bond acceptors (Lipinski definition) is 3. The van der Waals surface area contributed by atoms with Crippen LogP contribution in [0.3, 0.4) is 0 Å². The van der Waals surface area contributed by atoms with Crippen molar-refractivity contribution in [1.29, 1.82) is 0 Å². The van der Waals surface area contributed by atoms with E-state index in [1.165, 1.54) is 0 Å². The molecule has 0 aromatic carbocycles. The lowest BCUT2D eigenvalue weighted by Gasteiger charge is -2.26. The summed E-state index contributed by atoms with van der Waals surface area (Å²) in [7, 11) is 1.97. The number of likely N-dealkylation sites (N-methyl/N-ethyl adjacent to an activating group) is 1. The molecule has 1 saturated heterocycles. The van der Waals surface area contributed by atoms with Gasteiger partial charge in [0.1, 0.15) is 0 Å². The molecule has 1 fully saturated rings. The summed E-state index contributed by atoms with van der Waals surface area (Å²) in [5.41, 5.74) is 5.71. The second-order valence-corrected chi connectivity index (χ2v) is 4.22. The minimum atomic E-state index is 0.0171. The minimum absolute atomic E-state index is 0.0171. The molecule has 2 unspecified atom stereocenters. The minimum Gasteiger partial charge on any atom is -0.355 e. The molecule has 4 nitrogen and oxygen atoms in total. The van der Waals surface area contributed by atoms with Crippen LogP contribution in [-0.4, -0.2) is 43.0 Å². The molecule has 0 saturated carbocycles. The number of rotatable bonds is 3. The van der Waals surface area contributed by atoms with Crippen LogP contribution in [0.15, 0.2) is 0 Å². The van der Waals surface area contributed by atoms with E-state index in [0.29, 0.717) is 0 Å². The molecule has 1 amide bonds. The van der Waals surface area contributed by atoms with Crippen molar-refractivity contribution >= 4 is 5.91 Å². The first-order valence-electron chi connectivity index (χ1n) is 5.35. The molecule has 82 valence electrons. The first-order chi connectivity index (χ1) is 6.61. The van der Waals surface area contributed by atoms with Gasteiger partial charge in [0.25, 0.3) is 0 Å². The van der Waals surface area contributed by atoms with Gasteiger partial charge in [-0.15, -0.1) is 0 Å². The third kappa shape index (κ3) is 3.27. The van der Waals surface area contributed by atoms with Crippen LogP contribution in [-0.2, 0) is 4.79 Å². The number of nitrogens with zero attached hydrogens (tertiary/aromatic N) is 1. The van der Waals surface area contributed by atoms with Gasteiger partial charge < -0.3 is 11.1 Å². The predicted molar refractivity (Wildman–Crippen MR) is 56.9 cm³/mol. The molecule has 3 N–H and O–H groups in total. The Labute approximate surface area is 85.8 Å². The normalized spacial score (nSPS) is 25.7. The van der Waals surface area contributed by atoms with Crippen molar-refractivity contribution in [2.75, 3.05) is 20.1 Å². The van der Waals surface area contributed by atoms with Crippen molar-refractivity contribution in [1.82, 2.24) is 10.2 Å². The SMILES string of the molecule is CC(N)CN(C)C1CCCCNC1=O. The zero-order valence-electron chi connectivity index (χ0n) is 9.12. The number of amides is 1. The van der Waals surface area contributed by atoms with Crippen LogP contribution < -0.4 is 11.1 Å². The number of hydrogen-bond donors (Lipinski definition) is 2. The van der Waals surface area contributed by atoms with Gasteiger partial charge in [0.05, 0.1) is 6.04 Å². The van der Waals surface area contributed by atoms with Gasteiger partial charge in [0.15, 0.2) is 0 Å². The Kier molecular flexibility index (Phi) is 4.35. The highest BCUT2D eigenvalue weighted by Gasteiger charge is 2.24. The first kappa shape index (κ1) is 11.5. The summed E-state index contributed by atoms with van der Waals surface area (Å²) in [5, 5.41) is 2.93. The molecule has 0 aliphatic carbocycles. The van der Waals surface area contributed by atoms with Crippen LogP contribution in [0.2, 0.25) is 0 Å². The van der Waals surface area contributed by atoms with Crippen LogP contribution >= 0.6 is 0 Å². The molecule has 2 atom stereocenters. The lowest BCUT2D eigenvalue weighted by Crippen LogP contribution is -2.47. The number of carbonyl (C=O) groups is 1. The zero-order chi connectivity index (χ0) is 10.6. The topological polar surface area (TPSA) is 58.4 Å². The molecule has 1 heterocycles. The molecule has 1 rings (SSSR count). The van der Waals surface area contributed by atoms with Gasteiger partial charge in [-0.05, 0) is 33.2 Å². The third-order valence-corrected chi connectivity index (χ3v) is 2.61. The fourth-order valence-corrected chi connectivity index (χ4v) is 1.93. The van der Waals surface area contributed by atoms with Crippen LogP contribution in [0.1, 0.15) is 26.2 Å². The zero-order valence-corrected chi connectivity index (χ0v) is 9.12. The van der Waals surface area contributed by atoms with Crippen molar-refractivity contribution in [2.45, 2.75) is 38.3 Å². The molecule has 0 spiro atoms. The Hall–Kier alpha value is -0.610. The van der Waals surface area contributed by atoms with Crippen molar-refractivity contribution in [3.8, 4) is 0 Å². The van der Waals surface area contributed by atoms with E-state index in [1.54, 1.807) is 0 Å². The summed E-state index contributed by atoms with van der Waals surface area (Å²) >= 11 is 0. The van der Waals surface area contributed by atoms with Crippen molar-refractivity contribution in [2.24, 2.45) is 5.73 Å². The summed E-state index contributed by atoms with van der Waals surface area (Å²) in [6.45, 7) is 3.56. The molecular formula is C10H21N3O. The molecular weight excluding hydrogens is 178 g/mol. The molecule has 1 aliphatic heterocycles. The molecule has 0 bridgehead atoms. The Bertz CT molecular complexity index is 194. The van der Waals surface area contributed by atoms with E-state index in [2.05, 4.69) is 10.2 Å². The lowest BCUT2D eigenvalue weighted by atomic mass is 10.1. The fourth-order valence-electron chi connectivity index (χ4n) is 1.93. The smallest absolute Gasteiger partial charge is 0.237 e. The van der Waals surface area contributed by atoms with Crippen molar-refractivity contribution in [3.05, 3.63) is 0 Å². The monoisotopic (exact) mass is 199 g/mol. The van der Waals surface area contributed by atoms with Crippen molar-refractivity contribution in [3.63, 3.8) is 0 Å². The van der Waals surface area contributed by atoms with E-state index < -0.39 is 0 Å². The van der Waals surface area contributed by atoms with Crippen LogP contribution in [0, 0.1) is 0 Å². The van der Waals surface area contributed by atoms with E-state index in [4.69, 9.17) is 5.73 Å². The van der Waals surface area contributed by atoms with Gasteiger partial charge in [-0.25, -0.2) is 0 Å². The Morgan fingerprint density at radius 3 is 3.00 bits per heavy atom. The largest absolute Gasteiger partial charge is 0.355 e. The maximum atomic E-state index is 11.6. The predicted octanol–water partition coefficient (Wildman–Crippen LogP) is -0.0659. The number of nitrogens with two attached hydrogens (primary N) is 1. The van der Waals surface area contributed by atoms with Crippen LogP contribution in [0.25, 0.3) is 0 Å². The summed E-state index contributed by atoms with van der Waals surface area (Å²) in [6, 6.07) is 0.138. The average Bonchev–Trinajstić information content (AvgIpc) is 2.28. The molecule has 4 heteroatoms. The maximum absolute atomic E-state index is 11.6. The van der Waals surface area contributed by atoms with Crippen molar-refractivity contribution < 1.29 is 4.79 Å². The van der Waals surface area contributed by atoms with Gasteiger partial charge >= 0.3 is 0 Å². The van der Waals surface area contributed by atoms with E-state index in [-0.39, 0.29) is 18.0 Å². The lowest BCUT2D eigenvalue weighted by molar-refractivity contribution is -0.125. The second-order valence-electron chi connectivity index (χ2n) is 4.22. The summed E-state index contributed by atoms with van der Waals surface area (Å²) in [4.78, 5) is 13.7. The third-order valence-electron chi connectivity index (χ3n) is 2.61. The Balaban J connectivity index is 2.50. The first-order valence-corrected chi connectivity index (χ1v) is 5.35. The maximum Gasteiger partial charge on any atom is 0.237 e. The van der Waals surface area contributed by atoms with Crippen LogP contribution in [0.4, 0.5) is 0 Å². The average molecular weight is 199 g/mol.